The monoisotopic (exact) mass is 223 g/mol. The number of aliphatic carboxylic acids is 1. The first-order valence-electron chi connectivity index (χ1n) is 2.48. The summed E-state index contributed by atoms with van der Waals surface area (Å²) in [6.45, 7) is -0.834. The van der Waals surface area contributed by atoms with Crippen LogP contribution >= 0.6 is 7.82 Å². The molecule has 0 aromatic carbocycles. The van der Waals surface area contributed by atoms with Gasteiger partial charge in [-0.3, -0.25) is 4.79 Å². The van der Waals surface area contributed by atoms with Crippen molar-refractivity contribution < 1.29 is 28.8 Å². The van der Waals surface area contributed by atoms with E-state index in [0.29, 0.717) is 0 Å². The van der Waals surface area contributed by atoms with Crippen LogP contribution in [0.1, 0.15) is 0 Å². The molecule has 0 unspecified atom stereocenters. The van der Waals surface area contributed by atoms with Gasteiger partial charge in [0.2, 0.25) is 0 Å². The molecule has 0 fully saturated rings. The Balaban J connectivity index is 0. The predicted octanol–water partition coefficient (Wildman–Crippen LogP) is -3.14. The molecule has 0 rings (SSSR count). The Bertz CT molecular complexity index is 191. The smallest absolute Gasteiger partial charge is 0.790 e. The van der Waals surface area contributed by atoms with Gasteiger partial charge in [0.15, 0.2) is 0 Å². The molecular weight excluding hydrogens is 217 g/mol. The predicted molar refractivity (Wildman–Crippen MR) is 34.9 cm³/mol. The van der Waals surface area contributed by atoms with Crippen molar-refractivity contribution in [1.82, 2.24) is 0 Å². The number of phosphoric ester groups is 1. The van der Waals surface area contributed by atoms with Gasteiger partial charge >= 0.3 is 43.7 Å². The van der Waals surface area contributed by atoms with Gasteiger partial charge in [0.05, 0.1) is 14.4 Å². The Labute approximate surface area is 98.1 Å². The van der Waals surface area contributed by atoms with E-state index in [-0.39, 0.29) is 37.7 Å². The summed E-state index contributed by atoms with van der Waals surface area (Å²) in [5.41, 5.74) is 4.80. The van der Waals surface area contributed by atoms with Crippen LogP contribution in [0.5, 0.6) is 0 Å². The number of carbonyl (C=O) groups is 1. The van der Waals surface area contributed by atoms with E-state index in [4.69, 9.17) is 10.8 Å². The number of carboxylic acids is 1. The van der Waals surface area contributed by atoms with Crippen molar-refractivity contribution in [2.24, 2.45) is 5.73 Å². The molecule has 1 atom stereocenters. The van der Waals surface area contributed by atoms with Gasteiger partial charge in [0, 0.05) is 0 Å². The summed E-state index contributed by atoms with van der Waals surface area (Å²) in [7, 11) is -5.10. The third kappa shape index (κ3) is 8.89. The zero-order valence-electron chi connectivity index (χ0n) is 6.00. The molecule has 66 valence electrons. The molecule has 0 spiro atoms. The summed E-state index contributed by atoms with van der Waals surface area (Å²) in [5, 5.41) is 8.08. The maximum absolute atomic E-state index is 9.92. The molecule has 9 heteroatoms. The normalized spacial score (nSPS) is 13.2. The zero-order chi connectivity index (χ0) is 9.07. The Morgan fingerprint density at radius 2 is 2.08 bits per heavy atom. The van der Waals surface area contributed by atoms with E-state index in [1.807, 2.05) is 0 Å². The van der Waals surface area contributed by atoms with Crippen molar-refractivity contribution in [1.29, 1.82) is 0 Å². The van der Waals surface area contributed by atoms with E-state index < -0.39 is 26.4 Å². The SMILES string of the molecule is N[C@@H](COP(=O)([O-])[O-])C(=O)O.[Ca+2]. The topological polar surface area (TPSA) is 136 Å². The molecule has 0 aliphatic heterocycles. The first kappa shape index (κ1) is 15.3. The summed E-state index contributed by atoms with van der Waals surface area (Å²) < 4.78 is 13.4. The van der Waals surface area contributed by atoms with Gasteiger partial charge < -0.3 is 29.7 Å². The van der Waals surface area contributed by atoms with Crippen molar-refractivity contribution in [3.8, 4) is 0 Å². The molecule has 0 radical (unpaired) electrons. The third-order valence-corrected chi connectivity index (χ3v) is 1.19. The molecule has 3 N–H and O–H groups in total. The average molecular weight is 223 g/mol. The number of rotatable bonds is 4. The first-order chi connectivity index (χ1) is 4.83. The Morgan fingerprint density at radius 1 is 1.67 bits per heavy atom. The number of nitrogens with two attached hydrogens (primary N) is 1. The number of hydrogen-bond acceptors (Lipinski definition) is 6. The van der Waals surface area contributed by atoms with Crippen LogP contribution in [0, 0.1) is 0 Å². The molecule has 7 nitrogen and oxygen atoms in total. The molecule has 0 saturated carbocycles. The fraction of sp³-hybridized carbons (Fsp3) is 0.667. The molecule has 0 aromatic heterocycles. The van der Waals surface area contributed by atoms with E-state index in [9.17, 15) is 19.1 Å². The third-order valence-electron chi connectivity index (χ3n) is 0.729. The van der Waals surface area contributed by atoms with Crippen LogP contribution in [-0.2, 0) is 13.9 Å². The van der Waals surface area contributed by atoms with Crippen LogP contribution in [0.15, 0.2) is 0 Å². The second-order valence-electron chi connectivity index (χ2n) is 1.69. The molecule has 0 bridgehead atoms. The van der Waals surface area contributed by atoms with Crippen molar-refractivity contribution in [2.75, 3.05) is 6.61 Å². The fourth-order valence-corrected chi connectivity index (χ4v) is 0.586. The Hall–Kier alpha value is 0.800. The van der Waals surface area contributed by atoms with Gasteiger partial charge in [-0.1, -0.05) is 0 Å². The number of hydrogen-bond donors (Lipinski definition) is 2. The Morgan fingerprint density at radius 3 is 2.33 bits per heavy atom. The molecule has 0 heterocycles. The van der Waals surface area contributed by atoms with E-state index in [2.05, 4.69) is 4.52 Å². The van der Waals surface area contributed by atoms with Crippen molar-refractivity contribution in [2.45, 2.75) is 6.04 Å². The molecule has 12 heavy (non-hydrogen) atoms. The second kappa shape index (κ2) is 6.28. The molecule has 0 aliphatic rings. The minimum Gasteiger partial charge on any atom is -0.790 e. The largest absolute Gasteiger partial charge is 2.00 e. The summed E-state index contributed by atoms with van der Waals surface area (Å²) in [5.74, 6) is -1.43. The number of carboxylic acid groups (broad SMARTS) is 1. The average Bonchev–Trinajstić information content (AvgIpc) is 1.80. The maximum atomic E-state index is 9.92. The van der Waals surface area contributed by atoms with Gasteiger partial charge in [-0.05, 0) is 0 Å². The van der Waals surface area contributed by atoms with Crippen LogP contribution in [0.3, 0.4) is 0 Å². The molecule has 0 saturated heterocycles. The molecular formula is C3H6CaNO6P. The van der Waals surface area contributed by atoms with Gasteiger partial charge in [0.1, 0.15) is 6.04 Å². The second-order valence-corrected chi connectivity index (χ2v) is 2.84. The maximum Gasteiger partial charge on any atom is 2.00 e. The van der Waals surface area contributed by atoms with Crippen molar-refractivity contribution >= 4 is 51.5 Å². The summed E-state index contributed by atoms with van der Waals surface area (Å²) in [6.07, 6.45) is 0. The molecule has 0 aromatic rings. The molecule has 0 amide bonds. The van der Waals surface area contributed by atoms with Gasteiger partial charge in [-0.2, -0.15) is 0 Å². The number of phosphoric acid groups is 1. The summed E-state index contributed by atoms with van der Waals surface area (Å²) in [6, 6.07) is -1.49. The fourth-order valence-electron chi connectivity index (χ4n) is 0.243. The zero-order valence-corrected chi connectivity index (χ0v) is 9.11. The van der Waals surface area contributed by atoms with Gasteiger partial charge in [-0.15, -0.1) is 0 Å². The summed E-state index contributed by atoms with van der Waals surface area (Å²) >= 11 is 0. The van der Waals surface area contributed by atoms with Crippen LogP contribution in [-0.4, -0.2) is 61.5 Å². The first-order valence-corrected chi connectivity index (χ1v) is 3.94. The van der Waals surface area contributed by atoms with Crippen molar-refractivity contribution in [3.63, 3.8) is 0 Å². The molecule has 0 aliphatic carbocycles. The van der Waals surface area contributed by atoms with Crippen LogP contribution in [0.4, 0.5) is 0 Å². The van der Waals surface area contributed by atoms with Gasteiger partial charge in [0.25, 0.3) is 0 Å². The Kier molecular flexibility index (Phi) is 8.00. The minimum atomic E-state index is -5.10. The van der Waals surface area contributed by atoms with E-state index in [1.54, 1.807) is 0 Å². The van der Waals surface area contributed by atoms with Crippen LogP contribution < -0.4 is 15.5 Å². The standard InChI is InChI=1S/C3H8NO6P.Ca/c4-2(3(5)6)1-10-11(7,8)9;/h2H,1,4H2,(H,5,6)(H2,7,8,9);/q;+2/p-2/t2-;/m0./s1. The van der Waals surface area contributed by atoms with Crippen LogP contribution in [0.25, 0.3) is 0 Å². The van der Waals surface area contributed by atoms with Crippen LogP contribution in [0.2, 0.25) is 0 Å². The van der Waals surface area contributed by atoms with Gasteiger partial charge in [-0.25, -0.2) is 0 Å². The quantitative estimate of drug-likeness (QED) is 0.379. The van der Waals surface area contributed by atoms with E-state index in [0.717, 1.165) is 0 Å². The van der Waals surface area contributed by atoms with E-state index >= 15 is 0 Å². The van der Waals surface area contributed by atoms with E-state index in [1.165, 1.54) is 0 Å². The summed E-state index contributed by atoms with van der Waals surface area (Å²) in [4.78, 5) is 29.4. The minimum absolute atomic E-state index is 0. The van der Waals surface area contributed by atoms with Crippen molar-refractivity contribution in [3.05, 3.63) is 0 Å².